The predicted octanol–water partition coefficient (Wildman–Crippen LogP) is 3.22. The largest absolute Gasteiger partial charge is 0.0843 e. The zero-order valence-corrected chi connectivity index (χ0v) is 6.43. The van der Waals surface area contributed by atoms with Crippen molar-refractivity contribution in [3.63, 3.8) is 0 Å². The lowest BCUT2D eigenvalue weighted by atomic mass is 10.1. The summed E-state index contributed by atoms with van der Waals surface area (Å²) in [5, 5.41) is 0.865. The number of hydrogen-bond acceptors (Lipinski definition) is 0. The Morgan fingerprint density at radius 3 is 2.70 bits per heavy atom. The first kappa shape index (κ1) is 6.23. The zero-order chi connectivity index (χ0) is 6.97. The van der Waals surface area contributed by atoms with Gasteiger partial charge in [0.25, 0.3) is 0 Å². The van der Waals surface area contributed by atoms with Crippen LogP contribution in [0.2, 0.25) is 5.02 Å². The summed E-state index contributed by atoms with van der Waals surface area (Å²) in [5.74, 6) is 0.818. The molecule has 1 fully saturated rings. The van der Waals surface area contributed by atoms with Gasteiger partial charge in [-0.15, -0.1) is 0 Å². The second-order valence-corrected chi connectivity index (χ2v) is 3.27. The summed E-state index contributed by atoms with van der Waals surface area (Å²) in [6.07, 6.45) is 2.70. The lowest BCUT2D eigenvalue weighted by Crippen LogP contribution is -1.75. The van der Waals surface area contributed by atoms with Crippen LogP contribution in [0.15, 0.2) is 24.3 Å². The molecule has 0 nitrogen and oxygen atoms in total. The van der Waals surface area contributed by atoms with Crippen molar-refractivity contribution >= 4 is 11.6 Å². The van der Waals surface area contributed by atoms with Crippen molar-refractivity contribution in [1.29, 1.82) is 0 Å². The van der Waals surface area contributed by atoms with E-state index in [1.807, 2.05) is 12.1 Å². The summed E-state index contributed by atoms with van der Waals surface area (Å²) in [5.41, 5.74) is 1.41. The Labute approximate surface area is 65.8 Å². The minimum absolute atomic E-state index is 0.818. The highest BCUT2D eigenvalue weighted by Crippen LogP contribution is 2.40. The third kappa shape index (κ3) is 1.17. The Morgan fingerprint density at radius 2 is 2.10 bits per heavy atom. The van der Waals surface area contributed by atoms with Gasteiger partial charge in [0.15, 0.2) is 0 Å². The molecule has 2 rings (SSSR count). The van der Waals surface area contributed by atoms with Crippen molar-refractivity contribution in [2.75, 3.05) is 0 Å². The van der Waals surface area contributed by atoms with E-state index in [0.29, 0.717) is 0 Å². The van der Waals surface area contributed by atoms with Crippen molar-refractivity contribution in [3.05, 3.63) is 34.9 Å². The molecule has 1 aliphatic carbocycles. The van der Waals surface area contributed by atoms with Crippen molar-refractivity contribution in [2.24, 2.45) is 0 Å². The second kappa shape index (κ2) is 2.28. The SMILES string of the molecule is Clc1cccc(C2CC2)c1. The van der Waals surface area contributed by atoms with Crippen LogP contribution in [0.1, 0.15) is 24.3 Å². The molecule has 1 aliphatic rings. The molecule has 0 aromatic heterocycles. The number of benzene rings is 1. The average molecular weight is 153 g/mol. The minimum Gasteiger partial charge on any atom is -0.0843 e. The van der Waals surface area contributed by atoms with E-state index in [-0.39, 0.29) is 0 Å². The van der Waals surface area contributed by atoms with Crippen LogP contribution in [-0.4, -0.2) is 0 Å². The number of rotatable bonds is 1. The van der Waals surface area contributed by atoms with E-state index in [2.05, 4.69) is 12.1 Å². The molecule has 0 atom stereocenters. The van der Waals surface area contributed by atoms with Crippen LogP contribution in [0.5, 0.6) is 0 Å². The van der Waals surface area contributed by atoms with E-state index in [0.717, 1.165) is 10.9 Å². The summed E-state index contributed by atoms with van der Waals surface area (Å²) in [7, 11) is 0. The third-order valence-electron chi connectivity index (χ3n) is 1.90. The van der Waals surface area contributed by atoms with Crippen LogP contribution in [0, 0.1) is 0 Å². The summed E-state index contributed by atoms with van der Waals surface area (Å²) >= 11 is 5.82. The second-order valence-electron chi connectivity index (χ2n) is 2.83. The molecule has 0 saturated heterocycles. The lowest BCUT2D eigenvalue weighted by molar-refractivity contribution is 1.13. The van der Waals surface area contributed by atoms with Gasteiger partial charge in [-0.25, -0.2) is 0 Å². The van der Waals surface area contributed by atoms with Gasteiger partial charge in [0.2, 0.25) is 0 Å². The van der Waals surface area contributed by atoms with Crippen molar-refractivity contribution in [3.8, 4) is 0 Å². The summed E-state index contributed by atoms with van der Waals surface area (Å²) in [4.78, 5) is 0. The molecule has 0 unspecified atom stereocenters. The van der Waals surface area contributed by atoms with Crippen molar-refractivity contribution in [1.82, 2.24) is 0 Å². The highest BCUT2D eigenvalue weighted by molar-refractivity contribution is 6.30. The van der Waals surface area contributed by atoms with Crippen LogP contribution in [0.4, 0.5) is 0 Å². The van der Waals surface area contributed by atoms with Crippen LogP contribution in [0.25, 0.3) is 0 Å². The molecule has 1 heteroatoms. The zero-order valence-electron chi connectivity index (χ0n) is 5.68. The standard InChI is InChI=1S/C9H9Cl/c10-9-3-1-2-8(6-9)7-4-5-7/h1-3,6-7H,4-5H2. The maximum Gasteiger partial charge on any atom is 0.0408 e. The molecule has 1 saturated carbocycles. The maximum absolute atomic E-state index is 5.82. The molecule has 1 aromatic carbocycles. The van der Waals surface area contributed by atoms with Gasteiger partial charge in [0.05, 0.1) is 0 Å². The highest BCUT2D eigenvalue weighted by atomic mass is 35.5. The van der Waals surface area contributed by atoms with E-state index >= 15 is 0 Å². The first-order valence-electron chi connectivity index (χ1n) is 3.62. The van der Waals surface area contributed by atoms with Gasteiger partial charge >= 0.3 is 0 Å². The first-order valence-corrected chi connectivity index (χ1v) is 3.99. The summed E-state index contributed by atoms with van der Waals surface area (Å²) < 4.78 is 0. The topological polar surface area (TPSA) is 0 Å². The van der Waals surface area contributed by atoms with Gasteiger partial charge < -0.3 is 0 Å². The fourth-order valence-corrected chi connectivity index (χ4v) is 1.38. The minimum atomic E-state index is 0.818. The molecular formula is C9H9Cl. The van der Waals surface area contributed by atoms with Crippen LogP contribution < -0.4 is 0 Å². The fraction of sp³-hybridized carbons (Fsp3) is 0.333. The molecule has 52 valence electrons. The Kier molecular flexibility index (Phi) is 1.42. The molecule has 0 spiro atoms. The smallest absolute Gasteiger partial charge is 0.0408 e. The van der Waals surface area contributed by atoms with E-state index in [9.17, 15) is 0 Å². The maximum atomic E-state index is 5.82. The molecule has 0 N–H and O–H groups in total. The van der Waals surface area contributed by atoms with Gasteiger partial charge in [-0.05, 0) is 36.5 Å². The fourth-order valence-electron chi connectivity index (χ4n) is 1.18. The van der Waals surface area contributed by atoms with Crippen molar-refractivity contribution < 1.29 is 0 Å². The van der Waals surface area contributed by atoms with E-state index in [1.54, 1.807) is 0 Å². The molecule has 1 aromatic rings. The van der Waals surface area contributed by atoms with Gasteiger partial charge in [0.1, 0.15) is 0 Å². The van der Waals surface area contributed by atoms with Gasteiger partial charge in [0, 0.05) is 5.02 Å². The van der Waals surface area contributed by atoms with Crippen LogP contribution in [-0.2, 0) is 0 Å². The molecule has 0 radical (unpaired) electrons. The van der Waals surface area contributed by atoms with E-state index < -0.39 is 0 Å². The summed E-state index contributed by atoms with van der Waals surface area (Å²) in [6.45, 7) is 0. The van der Waals surface area contributed by atoms with E-state index in [1.165, 1.54) is 18.4 Å². The van der Waals surface area contributed by atoms with Crippen LogP contribution >= 0.6 is 11.6 Å². The quantitative estimate of drug-likeness (QED) is 0.580. The Bertz CT molecular complexity index is 238. The van der Waals surface area contributed by atoms with Crippen molar-refractivity contribution in [2.45, 2.75) is 18.8 Å². The molecule has 0 bridgehead atoms. The Morgan fingerprint density at radius 1 is 1.30 bits per heavy atom. The van der Waals surface area contributed by atoms with Gasteiger partial charge in [-0.2, -0.15) is 0 Å². The van der Waals surface area contributed by atoms with Crippen LogP contribution in [0.3, 0.4) is 0 Å². The third-order valence-corrected chi connectivity index (χ3v) is 2.13. The molecule has 10 heavy (non-hydrogen) atoms. The van der Waals surface area contributed by atoms with Gasteiger partial charge in [-0.1, -0.05) is 23.7 Å². The predicted molar refractivity (Wildman–Crippen MR) is 43.4 cm³/mol. The molecule has 0 aliphatic heterocycles. The summed E-state index contributed by atoms with van der Waals surface area (Å²) in [6, 6.07) is 8.17. The Balaban J connectivity index is 2.32. The Hall–Kier alpha value is -0.490. The first-order chi connectivity index (χ1) is 4.86. The lowest BCUT2D eigenvalue weighted by Gasteiger charge is -1.95. The van der Waals surface area contributed by atoms with E-state index in [4.69, 9.17) is 11.6 Å². The molecular weight excluding hydrogens is 144 g/mol. The highest BCUT2D eigenvalue weighted by Gasteiger charge is 2.22. The van der Waals surface area contributed by atoms with Gasteiger partial charge in [-0.3, -0.25) is 0 Å². The number of hydrogen-bond donors (Lipinski definition) is 0. The normalized spacial score (nSPS) is 17.3. The molecule has 0 heterocycles. The molecule has 0 amide bonds. The monoisotopic (exact) mass is 152 g/mol. The average Bonchev–Trinajstić information content (AvgIpc) is 2.68. The number of halogens is 1.